The van der Waals surface area contributed by atoms with Crippen molar-refractivity contribution in [1.82, 2.24) is 9.88 Å². The molecule has 2 saturated heterocycles. The molecule has 0 bridgehead atoms. The number of morpholine rings is 1. The standard InChI is InChI=1S/C24H32N4O5S.C2HF3O2/c1-18-2-4-21(5-3-18)34(31,32)26-20-16-22(24(29)30)23(25-17-20)28-10-7-19(8-11-28)6-9-27-12-14-33-15-13-27;3-2(4,5)1(6)7/h2-5,16-17,19,26H,6-15H2,1H3,(H,29,30);(H,6,7). The van der Waals surface area contributed by atoms with E-state index in [1.54, 1.807) is 12.1 Å². The van der Waals surface area contributed by atoms with Gasteiger partial charge >= 0.3 is 18.1 Å². The summed E-state index contributed by atoms with van der Waals surface area (Å²) in [5, 5.41) is 16.9. The summed E-state index contributed by atoms with van der Waals surface area (Å²) < 4.78 is 65.0. The Morgan fingerprint density at radius 3 is 2.20 bits per heavy atom. The molecule has 1 aromatic carbocycles. The number of pyridine rings is 1. The summed E-state index contributed by atoms with van der Waals surface area (Å²) in [6, 6.07) is 7.80. The highest BCUT2D eigenvalue weighted by molar-refractivity contribution is 7.92. The Balaban J connectivity index is 0.000000587. The summed E-state index contributed by atoms with van der Waals surface area (Å²) in [6.07, 6.45) is -0.607. The van der Waals surface area contributed by atoms with Gasteiger partial charge in [-0.15, -0.1) is 0 Å². The first-order valence-electron chi connectivity index (χ1n) is 12.9. The molecular formula is C26H33F3N4O7S. The maximum Gasteiger partial charge on any atom is 0.490 e. The molecule has 2 aliphatic rings. The maximum absolute atomic E-state index is 12.7. The number of halogens is 3. The number of carbonyl (C=O) groups is 2. The summed E-state index contributed by atoms with van der Waals surface area (Å²) in [5.74, 6) is -2.90. The number of piperidine rings is 1. The van der Waals surface area contributed by atoms with E-state index in [2.05, 4.69) is 14.6 Å². The van der Waals surface area contributed by atoms with Crippen molar-refractivity contribution in [2.75, 3.05) is 55.6 Å². The third kappa shape index (κ3) is 9.57. The molecule has 2 aromatic rings. The lowest BCUT2D eigenvalue weighted by Crippen LogP contribution is -2.39. The van der Waals surface area contributed by atoms with E-state index in [1.807, 2.05) is 11.8 Å². The van der Waals surface area contributed by atoms with E-state index in [9.17, 15) is 31.5 Å². The summed E-state index contributed by atoms with van der Waals surface area (Å²) in [6.45, 7) is 8.00. The topological polar surface area (TPSA) is 149 Å². The summed E-state index contributed by atoms with van der Waals surface area (Å²) >= 11 is 0. The smallest absolute Gasteiger partial charge is 0.478 e. The van der Waals surface area contributed by atoms with Gasteiger partial charge in [0.25, 0.3) is 10.0 Å². The molecule has 41 heavy (non-hydrogen) atoms. The average Bonchev–Trinajstić information content (AvgIpc) is 2.92. The number of rotatable bonds is 8. The van der Waals surface area contributed by atoms with Crippen LogP contribution in [0.25, 0.3) is 0 Å². The van der Waals surface area contributed by atoms with Gasteiger partial charge in [-0.25, -0.2) is 23.0 Å². The van der Waals surface area contributed by atoms with E-state index < -0.39 is 28.1 Å². The molecule has 0 unspecified atom stereocenters. The van der Waals surface area contributed by atoms with Crippen LogP contribution < -0.4 is 9.62 Å². The second-order valence-corrected chi connectivity index (χ2v) is 11.5. The Morgan fingerprint density at radius 2 is 1.66 bits per heavy atom. The van der Waals surface area contributed by atoms with Crippen LogP contribution >= 0.6 is 0 Å². The monoisotopic (exact) mass is 602 g/mol. The molecule has 3 heterocycles. The normalized spacial score (nSPS) is 16.9. The van der Waals surface area contributed by atoms with Crippen molar-refractivity contribution in [3.05, 3.63) is 47.7 Å². The number of sulfonamides is 1. The van der Waals surface area contributed by atoms with Crippen molar-refractivity contribution in [2.24, 2.45) is 5.92 Å². The lowest BCUT2D eigenvalue weighted by atomic mass is 9.93. The van der Waals surface area contributed by atoms with Crippen LogP contribution in [-0.4, -0.2) is 92.6 Å². The molecule has 0 spiro atoms. The van der Waals surface area contributed by atoms with Gasteiger partial charge in [0.2, 0.25) is 0 Å². The van der Waals surface area contributed by atoms with Gasteiger partial charge in [-0.05, 0) is 56.8 Å². The van der Waals surface area contributed by atoms with Crippen LogP contribution in [0.15, 0.2) is 41.4 Å². The summed E-state index contributed by atoms with van der Waals surface area (Å²) in [5.41, 5.74) is 1.07. The van der Waals surface area contributed by atoms with Crippen LogP contribution in [0.3, 0.4) is 0 Å². The van der Waals surface area contributed by atoms with Gasteiger partial charge in [-0.1, -0.05) is 17.7 Å². The lowest BCUT2D eigenvalue weighted by molar-refractivity contribution is -0.192. The molecule has 226 valence electrons. The van der Waals surface area contributed by atoms with Crippen LogP contribution in [-0.2, 0) is 19.6 Å². The quantitative estimate of drug-likeness (QED) is 0.410. The number of aliphatic carboxylic acids is 1. The average molecular weight is 603 g/mol. The van der Waals surface area contributed by atoms with E-state index in [-0.39, 0.29) is 16.1 Å². The first-order valence-corrected chi connectivity index (χ1v) is 14.4. The largest absolute Gasteiger partial charge is 0.490 e. The van der Waals surface area contributed by atoms with Gasteiger partial charge in [0.05, 0.1) is 30.0 Å². The number of aromatic nitrogens is 1. The molecule has 0 aliphatic carbocycles. The van der Waals surface area contributed by atoms with E-state index >= 15 is 0 Å². The molecule has 2 aliphatic heterocycles. The highest BCUT2D eigenvalue weighted by Crippen LogP contribution is 2.29. The minimum atomic E-state index is -5.08. The number of anilines is 2. The minimum absolute atomic E-state index is 0.00382. The van der Waals surface area contributed by atoms with Gasteiger partial charge < -0.3 is 19.8 Å². The van der Waals surface area contributed by atoms with E-state index in [1.165, 1.54) is 24.4 Å². The predicted octanol–water partition coefficient (Wildman–Crippen LogP) is 3.46. The Morgan fingerprint density at radius 1 is 1.07 bits per heavy atom. The number of aryl methyl sites for hydroxylation is 1. The molecule has 0 radical (unpaired) electrons. The van der Waals surface area contributed by atoms with Crippen molar-refractivity contribution in [3.63, 3.8) is 0 Å². The third-order valence-electron chi connectivity index (χ3n) is 6.79. The van der Waals surface area contributed by atoms with E-state index in [4.69, 9.17) is 14.6 Å². The van der Waals surface area contributed by atoms with Crippen LogP contribution in [0.1, 0.15) is 35.2 Å². The number of benzene rings is 1. The fourth-order valence-corrected chi connectivity index (χ4v) is 5.51. The Bertz CT molecular complexity index is 1290. The molecule has 4 rings (SSSR count). The highest BCUT2D eigenvalue weighted by Gasteiger charge is 2.38. The van der Waals surface area contributed by atoms with Gasteiger partial charge in [-0.3, -0.25) is 9.62 Å². The van der Waals surface area contributed by atoms with Crippen molar-refractivity contribution in [1.29, 1.82) is 0 Å². The van der Waals surface area contributed by atoms with E-state index in [0.29, 0.717) is 11.7 Å². The number of hydrogen-bond acceptors (Lipinski definition) is 8. The third-order valence-corrected chi connectivity index (χ3v) is 8.19. The molecule has 0 amide bonds. The molecular weight excluding hydrogens is 569 g/mol. The molecule has 15 heteroatoms. The Hall–Kier alpha value is -3.43. The Labute approximate surface area is 236 Å². The second kappa shape index (κ2) is 14.0. The highest BCUT2D eigenvalue weighted by atomic mass is 32.2. The van der Waals surface area contributed by atoms with Crippen molar-refractivity contribution in [3.8, 4) is 0 Å². The fraction of sp³-hybridized carbons (Fsp3) is 0.500. The zero-order valence-corrected chi connectivity index (χ0v) is 23.2. The first kappa shape index (κ1) is 32.1. The van der Waals surface area contributed by atoms with Crippen LogP contribution in [0, 0.1) is 12.8 Å². The molecule has 2 fully saturated rings. The van der Waals surface area contributed by atoms with Gasteiger partial charge in [0.1, 0.15) is 11.4 Å². The molecule has 0 saturated carbocycles. The molecule has 1 aromatic heterocycles. The fourth-order valence-electron chi connectivity index (χ4n) is 4.48. The number of aromatic carboxylic acids is 1. The van der Waals surface area contributed by atoms with Gasteiger partial charge in [-0.2, -0.15) is 13.2 Å². The van der Waals surface area contributed by atoms with Crippen LogP contribution in [0.2, 0.25) is 0 Å². The SMILES string of the molecule is Cc1ccc(S(=O)(=O)Nc2cnc(N3CCC(CCN4CCOCC4)CC3)c(C(=O)O)c2)cc1.O=C(O)C(F)(F)F. The predicted molar refractivity (Wildman–Crippen MR) is 144 cm³/mol. The number of carboxylic acid groups (broad SMARTS) is 2. The van der Waals surface area contributed by atoms with Crippen LogP contribution in [0.4, 0.5) is 24.7 Å². The number of alkyl halides is 3. The number of nitrogens with one attached hydrogen (secondary N) is 1. The minimum Gasteiger partial charge on any atom is -0.478 e. The van der Waals surface area contributed by atoms with Crippen molar-refractivity contribution in [2.45, 2.75) is 37.3 Å². The molecule has 3 N–H and O–H groups in total. The number of hydrogen-bond donors (Lipinski definition) is 3. The molecule has 11 nitrogen and oxygen atoms in total. The van der Waals surface area contributed by atoms with E-state index in [0.717, 1.165) is 70.8 Å². The van der Waals surface area contributed by atoms with Gasteiger partial charge in [0.15, 0.2) is 0 Å². The van der Waals surface area contributed by atoms with Gasteiger partial charge in [0, 0.05) is 26.2 Å². The Kier molecular flexibility index (Phi) is 10.9. The maximum atomic E-state index is 12.7. The molecule has 0 atom stereocenters. The zero-order valence-electron chi connectivity index (χ0n) is 22.4. The van der Waals surface area contributed by atoms with Crippen LogP contribution in [0.5, 0.6) is 0 Å². The second-order valence-electron chi connectivity index (χ2n) is 9.79. The van der Waals surface area contributed by atoms with Crippen molar-refractivity contribution >= 4 is 33.5 Å². The summed E-state index contributed by atoms with van der Waals surface area (Å²) in [4.78, 5) is 29.8. The number of ether oxygens (including phenoxy) is 1. The summed E-state index contributed by atoms with van der Waals surface area (Å²) in [7, 11) is -3.84. The number of carboxylic acids is 2. The first-order chi connectivity index (χ1) is 19.3. The van der Waals surface area contributed by atoms with Crippen molar-refractivity contribution < 1.29 is 46.1 Å². The lowest BCUT2D eigenvalue weighted by Gasteiger charge is -2.35. The zero-order chi connectivity index (χ0) is 30.2. The number of nitrogens with zero attached hydrogens (tertiary/aromatic N) is 3.